The first-order valence-electron chi connectivity index (χ1n) is 7.05. The van der Waals surface area contributed by atoms with Gasteiger partial charge in [0.1, 0.15) is 0 Å². The Morgan fingerprint density at radius 3 is 2.63 bits per heavy atom. The smallest absolute Gasteiger partial charge is 0.408 e. The molecular weight excluding hydrogens is 240 g/mol. The largest absolute Gasteiger partial charge is 0.417 e. The van der Waals surface area contributed by atoms with Gasteiger partial charge in [-0.25, -0.2) is 4.79 Å². The standard InChI is InChI=1S/C15H22N2O2/c1-4-10(5-2)14(16-6-3)11-7-8-12-13(9-11)19-15(18)17-12/h7-10,14,16H,4-6H2,1-3H3,(H,17,18). The molecular formula is C15H22N2O2. The van der Waals surface area contributed by atoms with Crippen LogP contribution in [0.3, 0.4) is 0 Å². The summed E-state index contributed by atoms with van der Waals surface area (Å²) in [5, 5.41) is 3.54. The average Bonchev–Trinajstić information content (AvgIpc) is 2.78. The number of nitrogens with one attached hydrogen (secondary N) is 2. The summed E-state index contributed by atoms with van der Waals surface area (Å²) in [6, 6.07) is 6.27. The van der Waals surface area contributed by atoms with Crippen molar-refractivity contribution in [2.24, 2.45) is 5.92 Å². The minimum atomic E-state index is -0.394. The van der Waals surface area contributed by atoms with Crippen molar-refractivity contribution in [1.29, 1.82) is 0 Å². The van der Waals surface area contributed by atoms with Gasteiger partial charge in [0.25, 0.3) is 0 Å². The molecule has 2 aromatic rings. The van der Waals surface area contributed by atoms with Gasteiger partial charge in [-0.2, -0.15) is 0 Å². The van der Waals surface area contributed by atoms with Gasteiger partial charge < -0.3 is 9.73 Å². The van der Waals surface area contributed by atoms with Crippen LogP contribution in [0, 0.1) is 5.92 Å². The van der Waals surface area contributed by atoms with Gasteiger partial charge in [0.2, 0.25) is 0 Å². The molecule has 1 heterocycles. The third-order valence-electron chi connectivity index (χ3n) is 3.75. The highest BCUT2D eigenvalue weighted by atomic mass is 16.4. The van der Waals surface area contributed by atoms with Crippen molar-refractivity contribution in [1.82, 2.24) is 10.3 Å². The first-order chi connectivity index (χ1) is 9.19. The summed E-state index contributed by atoms with van der Waals surface area (Å²) in [6.45, 7) is 7.47. The van der Waals surface area contributed by atoms with Crippen molar-refractivity contribution >= 4 is 11.1 Å². The average molecular weight is 262 g/mol. The zero-order valence-electron chi connectivity index (χ0n) is 11.8. The van der Waals surface area contributed by atoms with Gasteiger partial charge in [0.15, 0.2) is 5.58 Å². The fourth-order valence-electron chi connectivity index (χ4n) is 2.69. The summed E-state index contributed by atoms with van der Waals surface area (Å²) in [6.07, 6.45) is 2.26. The SMILES string of the molecule is CCNC(c1ccc2[nH]c(=O)oc2c1)C(CC)CC. The molecule has 0 fully saturated rings. The maximum Gasteiger partial charge on any atom is 0.417 e. The maximum atomic E-state index is 11.2. The Morgan fingerprint density at radius 1 is 1.26 bits per heavy atom. The van der Waals surface area contributed by atoms with Crippen molar-refractivity contribution in [3.8, 4) is 0 Å². The molecule has 0 bridgehead atoms. The van der Waals surface area contributed by atoms with Crippen molar-refractivity contribution < 1.29 is 4.42 Å². The second-order valence-electron chi connectivity index (χ2n) is 4.88. The van der Waals surface area contributed by atoms with Crippen LogP contribution < -0.4 is 11.1 Å². The van der Waals surface area contributed by atoms with E-state index in [2.05, 4.69) is 37.1 Å². The van der Waals surface area contributed by atoms with E-state index >= 15 is 0 Å². The Kier molecular flexibility index (Phi) is 4.43. The monoisotopic (exact) mass is 262 g/mol. The van der Waals surface area contributed by atoms with Crippen LogP contribution in [0.4, 0.5) is 0 Å². The lowest BCUT2D eigenvalue weighted by atomic mass is 9.88. The van der Waals surface area contributed by atoms with E-state index < -0.39 is 5.76 Å². The minimum absolute atomic E-state index is 0.310. The first kappa shape index (κ1) is 13.9. The molecule has 4 heteroatoms. The van der Waals surface area contributed by atoms with Crippen LogP contribution in [-0.4, -0.2) is 11.5 Å². The second-order valence-corrected chi connectivity index (χ2v) is 4.88. The number of hydrogen-bond donors (Lipinski definition) is 2. The summed E-state index contributed by atoms with van der Waals surface area (Å²) in [5.74, 6) is 0.192. The third-order valence-corrected chi connectivity index (χ3v) is 3.75. The molecule has 2 N–H and O–H groups in total. The fraction of sp³-hybridized carbons (Fsp3) is 0.533. The van der Waals surface area contributed by atoms with Gasteiger partial charge in [-0.15, -0.1) is 0 Å². The Morgan fingerprint density at radius 2 is 2.00 bits per heavy atom. The number of H-pyrrole nitrogens is 1. The fourth-order valence-corrected chi connectivity index (χ4v) is 2.69. The zero-order valence-corrected chi connectivity index (χ0v) is 11.8. The molecule has 0 spiro atoms. The number of benzene rings is 1. The van der Waals surface area contributed by atoms with E-state index in [0.29, 0.717) is 17.5 Å². The van der Waals surface area contributed by atoms with Crippen LogP contribution in [0.5, 0.6) is 0 Å². The van der Waals surface area contributed by atoms with Gasteiger partial charge >= 0.3 is 5.76 Å². The van der Waals surface area contributed by atoms with E-state index in [1.807, 2.05) is 12.1 Å². The van der Waals surface area contributed by atoms with Crippen molar-refractivity contribution in [2.75, 3.05) is 6.54 Å². The number of aromatic nitrogens is 1. The highest BCUT2D eigenvalue weighted by Crippen LogP contribution is 2.28. The van der Waals surface area contributed by atoms with Crippen LogP contribution in [0.15, 0.2) is 27.4 Å². The molecule has 0 aliphatic rings. The van der Waals surface area contributed by atoms with Crippen LogP contribution in [0.2, 0.25) is 0 Å². The second kappa shape index (κ2) is 6.06. The lowest BCUT2D eigenvalue weighted by Gasteiger charge is -2.26. The lowest BCUT2D eigenvalue weighted by molar-refractivity contribution is 0.346. The molecule has 1 unspecified atom stereocenters. The molecule has 0 aliphatic carbocycles. The molecule has 2 rings (SSSR count). The summed E-state index contributed by atoms with van der Waals surface area (Å²) in [4.78, 5) is 13.9. The van der Waals surface area contributed by atoms with Gasteiger partial charge in [-0.05, 0) is 30.2 Å². The van der Waals surface area contributed by atoms with Crippen molar-refractivity contribution in [3.05, 3.63) is 34.3 Å². The highest BCUT2D eigenvalue weighted by Gasteiger charge is 2.20. The molecule has 0 radical (unpaired) electrons. The molecule has 104 valence electrons. The number of oxazole rings is 1. The van der Waals surface area contributed by atoms with Crippen LogP contribution in [0.1, 0.15) is 45.2 Å². The normalized spacial score (nSPS) is 13.3. The zero-order chi connectivity index (χ0) is 13.8. The van der Waals surface area contributed by atoms with E-state index in [9.17, 15) is 4.79 Å². The van der Waals surface area contributed by atoms with Crippen LogP contribution in [-0.2, 0) is 0 Å². The van der Waals surface area contributed by atoms with Crippen LogP contribution in [0.25, 0.3) is 11.1 Å². The Labute approximate surface area is 113 Å². The van der Waals surface area contributed by atoms with Crippen molar-refractivity contribution in [3.63, 3.8) is 0 Å². The summed E-state index contributed by atoms with van der Waals surface area (Å²) >= 11 is 0. The Balaban J connectivity index is 2.39. The van der Waals surface area contributed by atoms with Gasteiger partial charge in [0.05, 0.1) is 5.52 Å². The molecule has 1 aromatic carbocycles. The number of fused-ring (bicyclic) bond motifs is 1. The van der Waals surface area contributed by atoms with Gasteiger partial charge in [-0.1, -0.05) is 39.7 Å². The minimum Gasteiger partial charge on any atom is -0.408 e. The third kappa shape index (κ3) is 2.89. The van der Waals surface area contributed by atoms with E-state index in [4.69, 9.17) is 4.42 Å². The molecule has 0 saturated heterocycles. The number of aromatic amines is 1. The predicted molar refractivity (Wildman–Crippen MR) is 77.3 cm³/mol. The lowest BCUT2D eigenvalue weighted by Crippen LogP contribution is -2.27. The molecule has 19 heavy (non-hydrogen) atoms. The van der Waals surface area contributed by atoms with E-state index in [0.717, 1.165) is 24.9 Å². The van der Waals surface area contributed by atoms with E-state index in [-0.39, 0.29) is 0 Å². The topological polar surface area (TPSA) is 58.0 Å². The van der Waals surface area contributed by atoms with Crippen molar-refractivity contribution in [2.45, 2.75) is 39.7 Å². The first-order valence-corrected chi connectivity index (χ1v) is 7.05. The van der Waals surface area contributed by atoms with E-state index in [1.54, 1.807) is 0 Å². The summed E-state index contributed by atoms with van der Waals surface area (Å²) in [5.41, 5.74) is 2.58. The molecule has 1 atom stereocenters. The number of rotatable bonds is 6. The number of hydrogen-bond acceptors (Lipinski definition) is 3. The van der Waals surface area contributed by atoms with Gasteiger partial charge in [0, 0.05) is 6.04 Å². The van der Waals surface area contributed by atoms with Crippen LogP contribution >= 0.6 is 0 Å². The summed E-state index contributed by atoms with van der Waals surface area (Å²) in [7, 11) is 0. The molecule has 4 nitrogen and oxygen atoms in total. The molecule has 1 aromatic heterocycles. The Bertz CT molecular complexity index is 581. The summed E-state index contributed by atoms with van der Waals surface area (Å²) < 4.78 is 5.14. The Hall–Kier alpha value is -1.55. The van der Waals surface area contributed by atoms with Gasteiger partial charge in [-0.3, -0.25) is 4.98 Å². The predicted octanol–water partition coefficient (Wildman–Crippen LogP) is 3.21. The maximum absolute atomic E-state index is 11.2. The molecule has 0 saturated carbocycles. The quantitative estimate of drug-likeness (QED) is 0.840. The van der Waals surface area contributed by atoms with E-state index in [1.165, 1.54) is 5.56 Å². The molecule has 0 amide bonds. The molecule has 0 aliphatic heterocycles. The highest BCUT2D eigenvalue weighted by molar-refractivity contribution is 5.72.